The van der Waals surface area contributed by atoms with Gasteiger partial charge in [-0.15, -0.1) is 0 Å². The maximum atomic E-state index is 7.24. The molecule has 6 rings (SSSR count). The third-order valence-electron chi connectivity index (χ3n) is 11.7. The van der Waals surface area contributed by atoms with Crippen molar-refractivity contribution in [1.29, 1.82) is 0 Å². The van der Waals surface area contributed by atoms with Crippen molar-refractivity contribution in [3.05, 3.63) is 52.4 Å². The summed E-state index contributed by atoms with van der Waals surface area (Å²) in [7, 11) is 6.31. The molecule has 0 amide bonds. The van der Waals surface area contributed by atoms with E-state index >= 15 is 0 Å². The van der Waals surface area contributed by atoms with Crippen LogP contribution in [0.5, 0.6) is 0 Å². The number of allylic oxidation sites excluding steroid dienone is 6. The first-order valence-corrected chi connectivity index (χ1v) is 30.1. The van der Waals surface area contributed by atoms with Gasteiger partial charge in [0.25, 0.3) is 0 Å². The quantitative estimate of drug-likeness (QED) is 0.173. The van der Waals surface area contributed by atoms with Crippen LogP contribution in [0.15, 0.2) is 46.0 Å². The van der Waals surface area contributed by atoms with Gasteiger partial charge in [0.05, 0.1) is 11.5 Å². The number of hydrogen-bond donors (Lipinski definition) is 0. The average Bonchev–Trinajstić information content (AvgIpc) is 3.53. The van der Waals surface area contributed by atoms with Crippen LogP contribution in [0.3, 0.4) is 0 Å². The molecule has 2 saturated carbocycles. The fourth-order valence-electron chi connectivity index (χ4n) is 9.22. The van der Waals surface area contributed by atoms with Gasteiger partial charge in [0, 0.05) is 5.92 Å². The molecule has 0 saturated heterocycles. The number of hydrogen-bond acceptors (Lipinski definition) is 2. The van der Waals surface area contributed by atoms with Crippen molar-refractivity contribution in [3.63, 3.8) is 0 Å². The summed E-state index contributed by atoms with van der Waals surface area (Å²) in [5.41, 5.74) is 8.33. The van der Waals surface area contributed by atoms with E-state index in [1.54, 1.807) is 22.3 Å². The van der Waals surface area contributed by atoms with Gasteiger partial charge >= 0.3 is 37.9 Å². The molecular formula is C36H57Cl2O2Si2Zr-. The molecule has 0 spiro atoms. The minimum atomic E-state index is -1.78. The molecule has 0 heterocycles. The van der Waals surface area contributed by atoms with Gasteiger partial charge in [-0.2, -0.15) is 6.42 Å². The number of rotatable bonds is 9. The van der Waals surface area contributed by atoms with E-state index in [9.17, 15) is 0 Å². The summed E-state index contributed by atoms with van der Waals surface area (Å²) in [5.74, 6) is 3.56. The minimum absolute atomic E-state index is 0.406. The Labute approximate surface area is 284 Å². The van der Waals surface area contributed by atoms with Crippen LogP contribution >= 0.6 is 17.0 Å². The number of halogens is 2. The first-order valence-electron chi connectivity index (χ1n) is 17.8. The van der Waals surface area contributed by atoms with Crippen LogP contribution in [-0.4, -0.2) is 16.6 Å². The Kier molecular flexibility index (Phi) is 13.0. The summed E-state index contributed by atoms with van der Waals surface area (Å²) in [6.07, 6.45) is 33.4. The summed E-state index contributed by atoms with van der Waals surface area (Å²) >= 11 is -0.826. The van der Waals surface area contributed by atoms with Gasteiger partial charge in [0.15, 0.2) is 0 Å². The SMILES string of the molecule is C[Si](C)(OC1=CC2=C(CCCC2)C1[CH-]CC1C(O[Si](C)(C)C2CCCCC2)=CC2=C1CCCC2)C1CCCCC1.[Cl][Zr][Cl]. The van der Waals surface area contributed by atoms with Crippen LogP contribution in [0.25, 0.3) is 0 Å². The van der Waals surface area contributed by atoms with Crippen LogP contribution in [0.2, 0.25) is 37.3 Å². The molecule has 7 heteroatoms. The van der Waals surface area contributed by atoms with Crippen molar-refractivity contribution in [2.45, 2.75) is 159 Å². The van der Waals surface area contributed by atoms with E-state index in [1.807, 2.05) is 0 Å². The van der Waals surface area contributed by atoms with Gasteiger partial charge in [0.1, 0.15) is 0 Å². The molecule has 6 aliphatic carbocycles. The summed E-state index contributed by atoms with van der Waals surface area (Å²) in [4.78, 5) is 0. The van der Waals surface area contributed by atoms with E-state index in [0.29, 0.717) is 11.8 Å². The first-order chi connectivity index (χ1) is 20.7. The Morgan fingerprint density at radius 1 is 0.651 bits per heavy atom. The van der Waals surface area contributed by atoms with Crippen LogP contribution in [0.4, 0.5) is 0 Å². The Morgan fingerprint density at radius 2 is 1.09 bits per heavy atom. The molecule has 0 aromatic rings. The van der Waals surface area contributed by atoms with Crippen LogP contribution in [0, 0.1) is 18.3 Å². The molecule has 240 valence electrons. The molecule has 2 nitrogen and oxygen atoms in total. The van der Waals surface area contributed by atoms with Gasteiger partial charge in [-0.05, 0) is 138 Å². The summed E-state index contributed by atoms with van der Waals surface area (Å²) in [6, 6.07) is 0. The molecule has 2 unspecified atom stereocenters. The molecule has 0 aromatic heterocycles. The van der Waals surface area contributed by atoms with Gasteiger partial charge in [-0.1, -0.05) is 55.6 Å². The summed E-state index contributed by atoms with van der Waals surface area (Å²) in [5, 5.41) is 0. The van der Waals surface area contributed by atoms with Crippen LogP contribution in [0.1, 0.15) is 122 Å². The molecule has 0 N–H and O–H groups in total. The molecule has 2 fully saturated rings. The van der Waals surface area contributed by atoms with Crippen LogP contribution in [-0.2, 0) is 29.7 Å². The molecule has 43 heavy (non-hydrogen) atoms. The van der Waals surface area contributed by atoms with E-state index in [4.69, 9.17) is 25.9 Å². The zero-order valence-electron chi connectivity index (χ0n) is 27.5. The molecule has 2 atom stereocenters. The van der Waals surface area contributed by atoms with Crippen molar-refractivity contribution >= 4 is 33.7 Å². The Balaban J connectivity index is 0.00000118. The van der Waals surface area contributed by atoms with Crippen molar-refractivity contribution in [2.75, 3.05) is 0 Å². The molecular weight excluding hydrogens is 683 g/mol. The van der Waals surface area contributed by atoms with E-state index in [2.05, 4.69) is 44.8 Å². The zero-order valence-corrected chi connectivity index (χ0v) is 33.5. The second-order valence-corrected chi connectivity index (χ2v) is 27.4. The first kappa shape index (κ1) is 34.8. The van der Waals surface area contributed by atoms with Crippen molar-refractivity contribution < 1.29 is 29.7 Å². The van der Waals surface area contributed by atoms with E-state index in [0.717, 1.165) is 17.5 Å². The fraction of sp³-hybridized carbons (Fsp3) is 0.750. The average molecular weight is 740 g/mol. The van der Waals surface area contributed by atoms with Gasteiger partial charge in [-0.25, -0.2) is 0 Å². The van der Waals surface area contributed by atoms with E-state index in [1.165, 1.54) is 127 Å². The predicted octanol–water partition coefficient (Wildman–Crippen LogP) is 12.8. The summed E-state index contributed by atoms with van der Waals surface area (Å²) in [6.45, 7) is 10.1. The monoisotopic (exact) mass is 737 g/mol. The Morgan fingerprint density at radius 3 is 1.65 bits per heavy atom. The van der Waals surface area contributed by atoms with E-state index in [-0.39, 0.29) is 0 Å². The Bertz CT molecular complexity index is 999. The second-order valence-electron chi connectivity index (χ2n) is 15.3. The van der Waals surface area contributed by atoms with Gasteiger partial charge in [0.2, 0.25) is 16.6 Å². The standard InChI is InChI=1S/C36H57O2Si2.2ClH.Zr/c1-39(2,29-17-7-5-8-18-29)37-35-25-27-15-11-13-21-31(27)33(35)23-24-34-32-22-14-12-16-28(32)26-36(34)38-40(3,4)30-19-9-6-10-20-30;;;/h23,25-26,29-30,33-34H,5-22,24H2,1-4H3;2*1H;/q-1;;;+2/p-2. The zero-order chi connectivity index (χ0) is 30.5. The van der Waals surface area contributed by atoms with Gasteiger partial charge < -0.3 is 15.3 Å². The van der Waals surface area contributed by atoms with Gasteiger partial charge in [-0.3, -0.25) is 0 Å². The normalized spacial score (nSPS) is 27.1. The molecule has 6 aliphatic rings. The molecule has 0 bridgehead atoms. The Hall–Kier alpha value is 0.457. The van der Waals surface area contributed by atoms with Crippen LogP contribution < -0.4 is 0 Å². The second kappa shape index (κ2) is 16.0. The fourth-order valence-corrected chi connectivity index (χ4v) is 14.7. The van der Waals surface area contributed by atoms with Crippen molar-refractivity contribution in [2.24, 2.45) is 11.8 Å². The third-order valence-corrected chi connectivity index (χ3v) is 18.3. The molecule has 0 radical (unpaired) electrons. The molecule has 0 aliphatic heterocycles. The maximum absolute atomic E-state index is 7.24. The third kappa shape index (κ3) is 8.68. The summed E-state index contributed by atoms with van der Waals surface area (Å²) < 4.78 is 14.5. The van der Waals surface area contributed by atoms with Crippen molar-refractivity contribution in [1.82, 2.24) is 0 Å². The van der Waals surface area contributed by atoms with Crippen molar-refractivity contribution in [3.8, 4) is 0 Å². The topological polar surface area (TPSA) is 18.5 Å². The molecule has 0 aromatic carbocycles. The van der Waals surface area contributed by atoms with E-state index < -0.39 is 37.5 Å². The predicted molar refractivity (Wildman–Crippen MR) is 186 cm³/mol.